The second-order valence-electron chi connectivity index (χ2n) is 8.54. The van der Waals surface area contributed by atoms with E-state index in [0.717, 1.165) is 40.7 Å². The van der Waals surface area contributed by atoms with Crippen molar-refractivity contribution in [3.05, 3.63) is 101 Å². The summed E-state index contributed by atoms with van der Waals surface area (Å²) < 4.78 is 2.10. The molecule has 0 unspecified atom stereocenters. The maximum Gasteiger partial charge on any atom is 0.251 e. The van der Waals surface area contributed by atoms with Crippen LogP contribution in [0.3, 0.4) is 0 Å². The molecule has 0 atom stereocenters. The third-order valence-electron chi connectivity index (χ3n) is 5.84. The summed E-state index contributed by atoms with van der Waals surface area (Å²) in [6.45, 7) is 2.45. The normalized spacial score (nSPS) is 11.3. The Kier molecular flexibility index (Phi) is 6.77. The number of carbonyl (C=O) groups is 1. The number of nitrogens with zero attached hydrogens (tertiary/aromatic N) is 2. The molecule has 4 rings (SSSR count). The number of phenols is 1. The summed E-state index contributed by atoms with van der Waals surface area (Å²) in [5.74, 6) is 0.177. The first-order valence-electron chi connectivity index (χ1n) is 11.0. The Bertz CT molecular complexity index is 1260. The number of aromatic nitrogens is 1. The molecule has 0 spiro atoms. The highest BCUT2D eigenvalue weighted by molar-refractivity contribution is 5.99. The second kappa shape index (κ2) is 9.90. The van der Waals surface area contributed by atoms with Crippen molar-refractivity contribution in [2.24, 2.45) is 12.8 Å². The molecular formula is C27H30N4O2. The van der Waals surface area contributed by atoms with Crippen LogP contribution in [0.25, 0.3) is 10.9 Å². The Hall–Kier alpha value is -3.61. The zero-order valence-electron chi connectivity index (χ0n) is 19.1. The zero-order valence-corrected chi connectivity index (χ0v) is 19.1. The lowest BCUT2D eigenvalue weighted by molar-refractivity contribution is 0.0951. The van der Waals surface area contributed by atoms with Gasteiger partial charge >= 0.3 is 0 Å². The third-order valence-corrected chi connectivity index (χ3v) is 5.84. The molecule has 0 radical (unpaired) electrons. The summed E-state index contributed by atoms with van der Waals surface area (Å²) in [7, 11) is 4.09. The Morgan fingerprint density at radius 3 is 2.52 bits per heavy atom. The molecule has 4 N–H and O–H groups in total. The van der Waals surface area contributed by atoms with Crippen LogP contribution < -0.4 is 11.1 Å². The van der Waals surface area contributed by atoms with E-state index in [1.54, 1.807) is 12.1 Å². The van der Waals surface area contributed by atoms with Crippen molar-refractivity contribution >= 4 is 16.8 Å². The lowest BCUT2D eigenvalue weighted by atomic mass is 10.1. The molecule has 0 saturated carbocycles. The number of phenolic OH excluding ortho intramolecular Hbond substituents is 1. The minimum Gasteiger partial charge on any atom is -0.508 e. The first kappa shape index (κ1) is 22.6. The Morgan fingerprint density at radius 2 is 1.76 bits per heavy atom. The standard InChI is InChI=1S/C27H30N4O2/c1-30(16-19-6-9-24(32)10-7-19)17-23-18-31(2)26-11-8-22(13-25(23)26)27(33)29-15-21-5-3-4-20(12-21)14-28/h3-13,18,32H,14-17,28H2,1-2H3,(H,29,33). The fourth-order valence-electron chi connectivity index (χ4n) is 4.15. The van der Waals surface area contributed by atoms with Gasteiger partial charge in [0, 0.05) is 55.9 Å². The van der Waals surface area contributed by atoms with E-state index in [1.807, 2.05) is 61.6 Å². The quantitative estimate of drug-likeness (QED) is 0.386. The molecule has 6 nitrogen and oxygen atoms in total. The van der Waals surface area contributed by atoms with Gasteiger partial charge in [0.15, 0.2) is 0 Å². The number of nitrogens with one attached hydrogen (secondary N) is 1. The van der Waals surface area contributed by atoms with Gasteiger partial charge in [-0.3, -0.25) is 9.69 Å². The number of carbonyl (C=O) groups excluding carboxylic acids is 1. The van der Waals surface area contributed by atoms with Gasteiger partial charge in [0.25, 0.3) is 5.91 Å². The number of benzene rings is 3. The van der Waals surface area contributed by atoms with E-state index in [1.165, 1.54) is 5.56 Å². The Balaban J connectivity index is 1.48. The monoisotopic (exact) mass is 442 g/mol. The Morgan fingerprint density at radius 1 is 1.00 bits per heavy atom. The van der Waals surface area contributed by atoms with Gasteiger partial charge in [0.05, 0.1) is 0 Å². The minimum atomic E-state index is -0.0951. The van der Waals surface area contributed by atoms with Gasteiger partial charge in [-0.25, -0.2) is 0 Å². The first-order valence-corrected chi connectivity index (χ1v) is 11.0. The summed E-state index contributed by atoms with van der Waals surface area (Å²) in [6, 6.07) is 21.1. The lowest BCUT2D eigenvalue weighted by Crippen LogP contribution is -2.22. The molecule has 0 aliphatic carbocycles. The van der Waals surface area contributed by atoms with E-state index < -0.39 is 0 Å². The van der Waals surface area contributed by atoms with Crippen molar-refractivity contribution < 1.29 is 9.90 Å². The van der Waals surface area contributed by atoms with Crippen LogP contribution in [0.5, 0.6) is 5.75 Å². The molecule has 0 bridgehead atoms. The highest BCUT2D eigenvalue weighted by Gasteiger charge is 2.13. The van der Waals surface area contributed by atoms with Crippen LogP contribution in [0.4, 0.5) is 0 Å². The number of rotatable bonds is 8. The molecule has 33 heavy (non-hydrogen) atoms. The van der Waals surface area contributed by atoms with Crippen molar-refractivity contribution in [3.63, 3.8) is 0 Å². The topological polar surface area (TPSA) is 83.5 Å². The summed E-state index contributed by atoms with van der Waals surface area (Å²) >= 11 is 0. The molecule has 0 saturated heterocycles. The predicted octanol–water partition coefficient (Wildman–Crippen LogP) is 3.90. The summed E-state index contributed by atoms with van der Waals surface area (Å²) in [5.41, 5.74) is 11.8. The van der Waals surface area contributed by atoms with Crippen LogP contribution in [0.15, 0.2) is 72.9 Å². The van der Waals surface area contributed by atoms with Gasteiger partial charge in [-0.1, -0.05) is 36.4 Å². The van der Waals surface area contributed by atoms with Gasteiger partial charge in [0.1, 0.15) is 5.75 Å². The van der Waals surface area contributed by atoms with Crippen LogP contribution in [0, 0.1) is 0 Å². The van der Waals surface area contributed by atoms with Gasteiger partial charge in [0.2, 0.25) is 0 Å². The highest BCUT2D eigenvalue weighted by Crippen LogP contribution is 2.24. The summed E-state index contributed by atoms with van der Waals surface area (Å²) in [6.07, 6.45) is 2.12. The van der Waals surface area contributed by atoms with Crippen LogP contribution in [-0.2, 0) is 33.2 Å². The molecule has 6 heteroatoms. The van der Waals surface area contributed by atoms with E-state index >= 15 is 0 Å². The molecular weight excluding hydrogens is 412 g/mol. The molecule has 170 valence electrons. The van der Waals surface area contributed by atoms with Crippen molar-refractivity contribution in [1.29, 1.82) is 0 Å². The molecule has 1 heterocycles. The summed E-state index contributed by atoms with van der Waals surface area (Å²) in [5, 5.41) is 13.6. The summed E-state index contributed by atoms with van der Waals surface area (Å²) in [4.78, 5) is 15.1. The van der Waals surface area contributed by atoms with Crippen LogP contribution in [0.1, 0.15) is 32.6 Å². The average molecular weight is 443 g/mol. The second-order valence-corrected chi connectivity index (χ2v) is 8.54. The zero-order chi connectivity index (χ0) is 23.4. The number of nitrogens with two attached hydrogens (primary N) is 1. The third kappa shape index (κ3) is 5.42. The van der Waals surface area contributed by atoms with E-state index in [9.17, 15) is 9.90 Å². The van der Waals surface area contributed by atoms with Crippen molar-refractivity contribution in [2.45, 2.75) is 26.2 Å². The van der Waals surface area contributed by atoms with Crippen LogP contribution >= 0.6 is 0 Å². The smallest absolute Gasteiger partial charge is 0.251 e. The molecule has 4 aromatic rings. The molecule has 0 fully saturated rings. The SMILES string of the molecule is CN(Cc1ccc(O)cc1)Cc1cn(C)c2ccc(C(=O)NCc3cccc(CN)c3)cc12. The number of hydrogen-bond donors (Lipinski definition) is 3. The van der Waals surface area contributed by atoms with Gasteiger partial charge < -0.3 is 20.7 Å². The minimum absolute atomic E-state index is 0.0951. The number of aromatic hydroxyl groups is 1. The maximum absolute atomic E-state index is 12.9. The number of amides is 1. The van der Waals surface area contributed by atoms with Crippen molar-refractivity contribution in [1.82, 2.24) is 14.8 Å². The number of fused-ring (bicyclic) bond motifs is 1. The van der Waals surface area contributed by atoms with Crippen LogP contribution in [-0.4, -0.2) is 27.5 Å². The highest BCUT2D eigenvalue weighted by atomic mass is 16.3. The van der Waals surface area contributed by atoms with Crippen molar-refractivity contribution in [2.75, 3.05) is 7.05 Å². The van der Waals surface area contributed by atoms with Crippen molar-refractivity contribution in [3.8, 4) is 5.75 Å². The van der Waals surface area contributed by atoms with Crippen LogP contribution in [0.2, 0.25) is 0 Å². The van der Waals surface area contributed by atoms with Gasteiger partial charge in [-0.2, -0.15) is 0 Å². The molecule has 0 aliphatic rings. The molecule has 1 amide bonds. The van der Waals surface area contributed by atoms with E-state index in [0.29, 0.717) is 18.7 Å². The van der Waals surface area contributed by atoms with E-state index in [2.05, 4.69) is 28.0 Å². The number of aryl methyl sites for hydroxylation is 1. The molecule has 3 aromatic carbocycles. The van der Waals surface area contributed by atoms with Gasteiger partial charge in [-0.05, 0) is 59.6 Å². The van der Waals surface area contributed by atoms with Gasteiger partial charge in [-0.15, -0.1) is 0 Å². The fraction of sp³-hybridized carbons (Fsp3) is 0.222. The molecule has 0 aliphatic heterocycles. The maximum atomic E-state index is 12.9. The largest absolute Gasteiger partial charge is 0.508 e. The van der Waals surface area contributed by atoms with E-state index in [-0.39, 0.29) is 11.7 Å². The number of hydrogen-bond acceptors (Lipinski definition) is 4. The average Bonchev–Trinajstić information content (AvgIpc) is 3.13. The Labute approximate surface area is 194 Å². The lowest BCUT2D eigenvalue weighted by Gasteiger charge is -2.16. The predicted molar refractivity (Wildman–Crippen MR) is 132 cm³/mol. The fourth-order valence-corrected chi connectivity index (χ4v) is 4.15. The first-order chi connectivity index (χ1) is 15.9. The van der Waals surface area contributed by atoms with E-state index in [4.69, 9.17) is 5.73 Å². The molecule has 1 aromatic heterocycles.